The summed E-state index contributed by atoms with van der Waals surface area (Å²) >= 11 is 0. The minimum Gasteiger partial charge on any atom is -0.459 e. The molecule has 0 aromatic heterocycles. The lowest BCUT2D eigenvalue weighted by Crippen LogP contribution is -2.46. The molecule has 0 N–H and O–H groups in total. The molecule has 0 rings (SSSR count). The maximum absolute atomic E-state index is 12.6. The maximum Gasteiger partial charge on any atom is 0.508 e. The lowest BCUT2D eigenvalue weighted by atomic mass is 10.3. The van der Waals surface area contributed by atoms with Gasteiger partial charge < -0.3 is 14.2 Å². The molecule has 0 aliphatic carbocycles. The van der Waals surface area contributed by atoms with Gasteiger partial charge in [0.1, 0.15) is 19.3 Å². The summed E-state index contributed by atoms with van der Waals surface area (Å²) in [5.41, 5.74) is -12.7. The van der Waals surface area contributed by atoms with Gasteiger partial charge in [-0.15, -0.1) is 0 Å². The number of esters is 1. The normalized spacial score (nSPS) is 14.2. The zero-order valence-corrected chi connectivity index (χ0v) is 16.0. The largest absolute Gasteiger partial charge is 0.508 e. The third-order valence-electron chi connectivity index (χ3n) is 2.87. The number of hydrogen-bond donors (Lipinski definition) is 0. The van der Waals surface area contributed by atoms with Gasteiger partial charge in [-0.1, -0.05) is 6.58 Å². The van der Waals surface area contributed by atoms with Gasteiger partial charge in [-0.05, 0) is 6.92 Å². The van der Waals surface area contributed by atoms with Crippen LogP contribution in [0.5, 0.6) is 0 Å². The monoisotopic (exact) mass is 480 g/mol. The number of alkyl halides is 6. The minimum absolute atomic E-state index is 0.512. The minimum atomic E-state index is -6.85. The molecule has 0 bridgehead atoms. The van der Waals surface area contributed by atoms with Crippen LogP contribution in [-0.2, 0) is 38.7 Å². The van der Waals surface area contributed by atoms with Gasteiger partial charge in [-0.25, -0.2) is 26.4 Å². The summed E-state index contributed by atoms with van der Waals surface area (Å²) in [6.07, 6.45) is -4.87. The van der Waals surface area contributed by atoms with Crippen molar-refractivity contribution in [3.05, 3.63) is 12.7 Å². The third-order valence-corrected chi connectivity index (χ3v) is 7.45. The van der Waals surface area contributed by atoms with Crippen LogP contribution in [0, 0.1) is 0 Å². The lowest BCUT2D eigenvalue weighted by molar-refractivity contribution is -0.139. The molecular formula is C12H14F6O9S2. The molecular weight excluding hydrogens is 466 g/mol. The molecule has 0 aliphatic heterocycles. The quantitative estimate of drug-likeness (QED) is 0.210. The number of sulfone groups is 2. The summed E-state index contributed by atoms with van der Waals surface area (Å²) in [5, 5.41) is 0. The van der Waals surface area contributed by atoms with Crippen molar-refractivity contribution in [1.82, 2.24) is 0 Å². The number of hydrogen-bond acceptors (Lipinski definition) is 9. The molecule has 0 saturated carbocycles. The summed E-state index contributed by atoms with van der Waals surface area (Å²) in [5.74, 6) is -0.895. The highest BCUT2D eigenvalue weighted by atomic mass is 32.3. The lowest BCUT2D eigenvalue weighted by Gasteiger charge is -2.23. The van der Waals surface area contributed by atoms with E-state index in [1.54, 1.807) is 0 Å². The Hall–Kier alpha value is -2.04. The van der Waals surface area contributed by atoms with Gasteiger partial charge in [0.05, 0.1) is 0 Å². The molecule has 0 saturated heterocycles. The number of halogens is 6. The molecule has 0 spiro atoms. The first-order chi connectivity index (χ1) is 12.9. The second-order valence-electron chi connectivity index (χ2n) is 5.05. The smallest absolute Gasteiger partial charge is 0.459 e. The number of carbonyl (C=O) groups is 2. The van der Waals surface area contributed by atoms with E-state index in [1.165, 1.54) is 0 Å². The predicted molar refractivity (Wildman–Crippen MR) is 81.4 cm³/mol. The van der Waals surface area contributed by atoms with E-state index in [9.17, 15) is 52.8 Å². The zero-order valence-electron chi connectivity index (χ0n) is 14.3. The highest BCUT2D eigenvalue weighted by Crippen LogP contribution is 2.38. The summed E-state index contributed by atoms with van der Waals surface area (Å²) < 4.78 is 130. The Bertz CT molecular complexity index is 770. The molecule has 1 unspecified atom stereocenters. The van der Waals surface area contributed by atoms with Gasteiger partial charge in [0.2, 0.25) is 0 Å². The molecule has 1 atom stereocenters. The van der Waals surface area contributed by atoms with E-state index in [2.05, 4.69) is 20.8 Å². The van der Waals surface area contributed by atoms with E-state index in [0.717, 1.165) is 6.08 Å². The second-order valence-corrected chi connectivity index (χ2v) is 9.59. The maximum atomic E-state index is 12.6. The molecule has 0 amide bonds. The van der Waals surface area contributed by atoms with Gasteiger partial charge in [0, 0.05) is 12.5 Å². The Balaban J connectivity index is 5.31. The fraction of sp³-hybridized carbons (Fsp3) is 0.667. The van der Waals surface area contributed by atoms with Crippen LogP contribution >= 0.6 is 0 Å². The van der Waals surface area contributed by atoms with Crippen molar-refractivity contribution >= 4 is 31.8 Å². The molecule has 9 nitrogen and oxygen atoms in total. The molecule has 0 radical (unpaired) electrons. The SMILES string of the molecule is C=CC(=O)OCCOC(=O)OC(C)CC(S(=O)(=O)C(F)(F)F)S(=O)(=O)C(F)(F)F. The Morgan fingerprint density at radius 2 is 1.34 bits per heavy atom. The molecule has 0 aliphatic rings. The van der Waals surface area contributed by atoms with Crippen molar-refractivity contribution in [2.75, 3.05) is 13.2 Å². The molecule has 29 heavy (non-hydrogen) atoms. The molecule has 0 aromatic rings. The fourth-order valence-electron chi connectivity index (χ4n) is 1.56. The molecule has 17 heteroatoms. The number of carbonyl (C=O) groups excluding carboxylic acids is 2. The summed E-state index contributed by atoms with van der Waals surface area (Å²) in [6.45, 7) is 2.54. The summed E-state index contributed by atoms with van der Waals surface area (Å²) in [6, 6.07) is 0. The summed E-state index contributed by atoms with van der Waals surface area (Å²) in [4.78, 5) is 22.0. The van der Waals surface area contributed by atoms with Crippen LogP contribution in [-0.4, -0.2) is 63.9 Å². The van der Waals surface area contributed by atoms with Crippen LogP contribution in [0.3, 0.4) is 0 Å². The van der Waals surface area contributed by atoms with Crippen LogP contribution in [0.2, 0.25) is 0 Å². The third kappa shape index (κ3) is 7.37. The molecule has 0 aromatic carbocycles. The van der Waals surface area contributed by atoms with Crippen molar-refractivity contribution in [3.8, 4) is 0 Å². The Kier molecular flexibility index (Phi) is 8.96. The van der Waals surface area contributed by atoms with Crippen LogP contribution in [0.25, 0.3) is 0 Å². The molecule has 170 valence electrons. The van der Waals surface area contributed by atoms with Crippen LogP contribution < -0.4 is 0 Å². The standard InChI is InChI=1S/C12H14F6O9S2/c1-3-8(19)25-4-5-26-10(20)27-7(2)6-9(28(21,22)11(13,14)15)29(23,24)12(16,17)18/h3,7,9H,1,4-6H2,2H3. The first kappa shape index (κ1) is 27.0. The predicted octanol–water partition coefficient (Wildman–Crippen LogP) is 1.84. The van der Waals surface area contributed by atoms with E-state index in [-0.39, 0.29) is 0 Å². The van der Waals surface area contributed by atoms with Gasteiger partial charge in [0.15, 0.2) is 4.58 Å². The highest BCUT2D eigenvalue weighted by molar-refractivity contribution is 8.09. The van der Waals surface area contributed by atoms with Crippen LogP contribution in [0.15, 0.2) is 12.7 Å². The van der Waals surface area contributed by atoms with Gasteiger partial charge in [-0.3, -0.25) is 0 Å². The van der Waals surface area contributed by atoms with Crippen molar-refractivity contribution in [3.63, 3.8) is 0 Å². The van der Waals surface area contributed by atoms with Crippen molar-refractivity contribution < 1.29 is 67.0 Å². The van der Waals surface area contributed by atoms with Crippen LogP contribution in [0.4, 0.5) is 31.1 Å². The van der Waals surface area contributed by atoms with E-state index in [1.807, 2.05) is 0 Å². The number of rotatable bonds is 9. The molecule has 0 fully saturated rings. The fourth-order valence-corrected chi connectivity index (χ4v) is 5.20. The van der Waals surface area contributed by atoms with Crippen LogP contribution in [0.1, 0.15) is 13.3 Å². The van der Waals surface area contributed by atoms with Crippen molar-refractivity contribution in [2.45, 2.75) is 35.0 Å². The Labute approximate surface area is 160 Å². The average Bonchev–Trinajstić information content (AvgIpc) is 2.53. The van der Waals surface area contributed by atoms with Crippen molar-refractivity contribution in [2.24, 2.45) is 0 Å². The Morgan fingerprint density at radius 1 is 0.931 bits per heavy atom. The van der Waals surface area contributed by atoms with Gasteiger partial charge >= 0.3 is 23.1 Å². The van der Waals surface area contributed by atoms with Gasteiger partial charge in [0.25, 0.3) is 19.7 Å². The molecule has 0 heterocycles. The summed E-state index contributed by atoms with van der Waals surface area (Å²) in [7, 11) is -13.7. The number of ether oxygens (including phenoxy) is 3. The average molecular weight is 480 g/mol. The highest BCUT2D eigenvalue weighted by Gasteiger charge is 2.63. The van der Waals surface area contributed by atoms with E-state index in [0.29, 0.717) is 6.92 Å². The second kappa shape index (κ2) is 9.64. The first-order valence-corrected chi connectivity index (χ1v) is 10.2. The van der Waals surface area contributed by atoms with Crippen molar-refractivity contribution in [1.29, 1.82) is 0 Å². The Morgan fingerprint density at radius 3 is 1.72 bits per heavy atom. The first-order valence-electron chi connectivity index (χ1n) is 7.10. The van der Waals surface area contributed by atoms with E-state index < -0.39 is 73.1 Å². The topological polar surface area (TPSA) is 130 Å². The van der Waals surface area contributed by atoms with Gasteiger partial charge in [-0.2, -0.15) is 26.3 Å². The van der Waals surface area contributed by atoms with E-state index in [4.69, 9.17) is 0 Å². The van der Waals surface area contributed by atoms with E-state index >= 15 is 0 Å². The zero-order chi connectivity index (χ0) is 23.3.